The lowest BCUT2D eigenvalue weighted by Gasteiger charge is -2.19. The Morgan fingerprint density at radius 2 is 1.62 bits per heavy atom. The van der Waals surface area contributed by atoms with E-state index in [2.05, 4.69) is 36.5 Å². The second kappa shape index (κ2) is 7.04. The predicted octanol–water partition coefficient (Wildman–Crippen LogP) is 5.03. The molecule has 134 valence electrons. The van der Waals surface area contributed by atoms with E-state index in [1.807, 2.05) is 67.7 Å². The molecule has 0 atom stereocenters. The molecule has 2 N–H and O–H groups in total. The van der Waals surface area contributed by atoms with Gasteiger partial charge in [-0.15, -0.1) is 0 Å². The van der Waals surface area contributed by atoms with Crippen LogP contribution in [0.5, 0.6) is 0 Å². The van der Waals surface area contributed by atoms with Crippen molar-refractivity contribution in [3.05, 3.63) is 66.2 Å². The second-order valence-electron chi connectivity index (χ2n) is 7.31. The molecule has 0 aliphatic carbocycles. The summed E-state index contributed by atoms with van der Waals surface area (Å²) in [6.07, 6.45) is 0. The van der Waals surface area contributed by atoms with Crippen LogP contribution in [0.1, 0.15) is 26.3 Å². The Balaban J connectivity index is 1.67. The SMILES string of the molecule is Cn1nc(NC(=O)Nc2ccc(C(C)(C)C)cc2)cc1-c1ccccc1. The third kappa shape index (κ3) is 4.11. The Bertz CT molecular complexity index is 890. The lowest BCUT2D eigenvalue weighted by Crippen LogP contribution is -2.20. The topological polar surface area (TPSA) is 59.0 Å². The van der Waals surface area contributed by atoms with Crippen molar-refractivity contribution in [1.29, 1.82) is 0 Å². The molecule has 3 rings (SSSR count). The van der Waals surface area contributed by atoms with Gasteiger partial charge in [0, 0.05) is 18.8 Å². The summed E-state index contributed by atoms with van der Waals surface area (Å²) in [5.74, 6) is 0.509. The van der Waals surface area contributed by atoms with Gasteiger partial charge in [-0.2, -0.15) is 5.10 Å². The van der Waals surface area contributed by atoms with Crippen LogP contribution in [0.25, 0.3) is 11.3 Å². The van der Waals surface area contributed by atoms with Gasteiger partial charge in [0.1, 0.15) is 0 Å². The predicted molar refractivity (Wildman–Crippen MR) is 106 cm³/mol. The van der Waals surface area contributed by atoms with Gasteiger partial charge in [-0.1, -0.05) is 63.2 Å². The van der Waals surface area contributed by atoms with Crippen molar-refractivity contribution in [2.75, 3.05) is 10.6 Å². The lowest BCUT2D eigenvalue weighted by molar-refractivity contribution is 0.262. The zero-order valence-electron chi connectivity index (χ0n) is 15.6. The number of rotatable bonds is 3. The molecule has 5 heteroatoms. The van der Waals surface area contributed by atoms with Gasteiger partial charge in [0.25, 0.3) is 0 Å². The summed E-state index contributed by atoms with van der Waals surface area (Å²) in [4.78, 5) is 12.2. The molecule has 0 unspecified atom stereocenters. The highest BCUT2D eigenvalue weighted by Gasteiger charge is 2.14. The highest BCUT2D eigenvalue weighted by molar-refractivity contribution is 5.99. The molecule has 2 amide bonds. The fourth-order valence-corrected chi connectivity index (χ4v) is 2.74. The van der Waals surface area contributed by atoms with E-state index in [-0.39, 0.29) is 11.4 Å². The largest absolute Gasteiger partial charge is 0.324 e. The molecule has 0 bridgehead atoms. The van der Waals surface area contributed by atoms with Crippen molar-refractivity contribution < 1.29 is 4.79 Å². The number of benzene rings is 2. The van der Waals surface area contributed by atoms with Crippen LogP contribution in [0, 0.1) is 0 Å². The molecular formula is C21H24N4O. The smallest absolute Gasteiger partial charge is 0.308 e. The van der Waals surface area contributed by atoms with Crippen LogP contribution in [0.2, 0.25) is 0 Å². The van der Waals surface area contributed by atoms with Crippen molar-refractivity contribution in [2.45, 2.75) is 26.2 Å². The standard InChI is InChI=1S/C21H24N4O/c1-21(2,3)16-10-12-17(13-11-16)22-20(26)23-19-14-18(25(4)24-19)15-8-6-5-7-9-15/h5-14H,1-4H3,(H2,22,23,24,26). The molecule has 26 heavy (non-hydrogen) atoms. The molecule has 0 saturated heterocycles. The Hall–Kier alpha value is -3.08. The third-order valence-electron chi connectivity index (χ3n) is 4.20. The van der Waals surface area contributed by atoms with Crippen molar-refractivity contribution in [1.82, 2.24) is 9.78 Å². The monoisotopic (exact) mass is 348 g/mol. The molecule has 2 aromatic carbocycles. The number of urea groups is 1. The Morgan fingerprint density at radius 3 is 2.23 bits per heavy atom. The van der Waals surface area contributed by atoms with Gasteiger partial charge in [-0.3, -0.25) is 10.00 Å². The van der Waals surface area contributed by atoms with Crippen LogP contribution >= 0.6 is 0 Å². The summed E-state index contributed by atoms with van der Waals surface area (Å²) in [7, 11) is 1.86. The first-order valence-corrected chi connectivity index (χ1v) is 8.61. The maximum absolute atomic E-state index is 12.2. The Morgan fingerprint density at radius 1 is 0.962 bits per heavy atom. The van der Waals surface area contributed by atoms with Crippen molar-refractivity contribution in [3.63, 3.8) is 0 Å². The van der Waals surface area contributed by atoms with Crippen LogP contribution in [-0.4, -0.2) is 15.8 Å². The van der Waals surface area contributed by atoms with Gasteiger partial charge in [0.2, 0.25) is 0 Å². The highest BCUT2D eigenvalue weighted by Crippen LogP contribution is 2.24. The van der Waals surface area contributed by atoms with Crippen LogP contribution in [0.15, 0.2) is 60.7 Å². The van der Waals surface area contributed by atoms with Gasteiger partial charge in [-0.05, 0) is 28.7 Å². The van der Waals surface area contributed by atoms with Gasteiger partial charge in [0.05, 0.1) is 5.69 Å². The Kier molecular flexibility index (Phi) is 4.80. The fraction of sp³-hybridized carbons (Fsp3) is 0.238. The molecule has 0 fully saturated rings. The van der Waals surface area contributed by atoms with Crippen LogP contribution in [0.4, 0.5) is 16.3 Å². The fourth-order valence-electron chi connectivity index (χ4n) is 2.74. The summed E-state index contributed by atoms with van der Waals surface area (Å²) in [5, 5.41) is 9.98. The quantitative estimate of drug-likeness (QED) is 0.697. The number of carbonyl (C=O) groups excluding carboxylic acids is 1. The molecule has 1 aromatic heterocycles. The molecule has 0 radical (unpaired) electrons. The molecule has 3 aromatic rings. The highest BCUT2D eigenvalue weighted by atomic mass is 16.2. The minimum atomic E-state index is -0.314. The first kappa shape index (κ1) is 17.7. The minimum absolute atomic E-state index is 0.0859. The first-order valence-electron chi connectivity index (χ1n) is 8.61. The average Bonchev–Trinajstić information content (AvgIpc) is 2.95. The molecule has 0 saturated carbocycles. The normalized spacial score (nSPS) is 11.2. The summed E-state index contributed by atoms with van der Waals surface area (Å²) in [6.45, 7) is 6.48. The zero-order chi connectivity index (χ0) is 18.7. The number of carbonyl (C=O) groups is 1. The van der Waals surface area contributed by atoms with E-state index in [0.29, 0.717) is 5.82 Å². The van der Waals surface area contributed by atoms with Crippen LogP contribution in [-0.2, 0) is 12.5 Å². The second-order valence-corrected chi connectivity index (χ2v) is 7.31. The van der Waals surface area contributed by atoms with Gasteiger partial charge in [0.15, 0.2) is 5.82 Å². The van der Waals surface area contributed by atoms with Gasteiger partial charge >= 0.3 is 6.03 Å². The molecule has 5 nitrogen and oxygen atoms in total. The molecule has 0 aliphatic rings. The minimum Gasteiger partial charge on any atom is -0.308 e. The maximum atomic E-state index is 12.2. The number of nitrogens with one attached hydrogen (secondary N) is 2. The Labute approximate surface area is 154 Å². The van der Waals surface area contributed by atoms with E-state index in [9.17, 15) is 4.79 Å². The number of hydrogen-bond donors (Lipinski definition) is 2. The number of hydrogen-bond acceptors (Lipinski definition) is 2. The van der Waals surface area contributed by atoms with Crippen molar-refractivity contribution >= 4 is 17.5 Å². The summed E-state index contributed by atoms with van der Waals surface area (Å²) >= 11 is 0. The number of aryl methyl sites for hydroxylation is 1. The van der Waals surface area contributed by atoms with E-state index >= 15 is 0 Å². The van der Waals surface area contributed by atoms with E-state index in [4.69, 9.17) is 0 Å². The summed E-state index contributed by atoms with van der Waals surface area (Å²) in [6, 6.07) is 19.4. The third-order valence-corrected chi connectivity index (χ3v) is 4.20. The maximum Gasteiger partial charge on any atom is 0.324 e. The van der Waals surface area contributed by atoms with E-state index in [1.54, 1.807) is 4.68 Å². The number of aromatic nitrogens is 2. The van der Waals surface area contributed by atoms with Gasteiger partial charge < -0.3 is 5.32 Å². The number of amides is 2. The molecular weight excluding hydrogens is 324 g/mol. The first-order chi connectivity index (χ1) is 12.3. The van der Waals surface area contributed by atoms with Crippen LogP contribution < -0.4 is 10.6 Å². The summed E-state index contributed by atoms with van der Waals surface area (Å²) < 4.78 is 1.75. The van der Waals surface area contributed by atoms with Crippen molar-refractivity contribution in [2.24, 2.45) is 7.05 Å². The number of nitrogens with zero attached hydrogens (tertiary/aromatic N) is 2. The molecule has 0 aliphatic heterocycles. The van der Waals surface area contributed by atoms with E-state index in [0.717, 1.165) is 16.9 Å². The van der Waals surface area contributed by atoms with E-state index < -0.39 is 0 Å². The lowest BCUT2D eigenvalue weighted by atomic mass is 9.87. The summed E-state index contributed by atoms with van der Waals surface area (Å²) in [5.41, 5.74) is 4.04. The van der Waals surface area contributed by atoms with Crippen LogP contribution in [0.3, 0.4) is 0 Å². The van der Waals surface area contributed by atoms with E-state index in [1.165, 1.54) is 5.56 Å². The molecule has 0 spiro atoms. The van der Waals surface area contributed by atoms with Gasteiger partial charge in [-0.25, -0.2) is 4.79 Å². The zero-order valence-corrected chi connectivity index (χ0v) is 15.6. The average molecular weight is 348 g/mol. The number of anilines is 2. The van der Waals surface area contributed by atoms with Crippen molar-refractivity contribution in [3.8, 4) is 11.3 Å². The molecule has 1 heterocycles.